The van der Waals surface area contributed by atoms with Gasteiger partial charge in [-0.05, 0) is 24.7 Å². The SMILES string of the molecule is CC(C)CC(NC(=O)C(N)CCC(N)=O)C(=O)NC(CO)C(=O)NC(C(=O)O)C(C)C. The van der Waals surface area contributed by atoms with Crippen LogP contribution in [0, 0.1) is 11.8 Å². The molecule has 0 aliphatic carbocycles. The van der Waals surface area contributed by atoms with Crippen LogP contribution in [0.5, 0.6) is 0 Å². The van der Waals surface area contributed by atoms with Gasteiger partial charge in [0.05, 0.1) is 12.6 Å². The van der Waals surface area contributed by atoms with Crippen molar-refractivity contribution in [1.29, 1.82) is 0 Å². The highest BCUT2D eigenvalue weighted by molar-refractivity contribution is 5.94. The quantitative estimate of drug-likeness (QED) is 0.155. The Morgan fingerprint density at radius 2 is 1.39 bits per heavy atom. The van der Waals surface area contributed by atoms with Gasteiger partial charge in [0, 0.05) is 6.42 Å². The van der Waals surface area contributed by atoms with Gasteiger partial charge in [0.1, 0.15) is 18.1 Å². The Morgan fingerprint density at radius 1 is 0.871 bits per heavy atom. The topological polar surface area (TPSA) is 214 Å². The summed E-state index contributed by atoms with van der Waals surface area (Å²) in [4.78, 5) is 59.4. The van der Waals surface area contributed by atoms with Crippen molar-refractivity contribution in [3.05, 3.63) is 0 Å². The monoisotopic (exact) mass is 445 g/mol. The lowest BCUT2D eigenvalue weighted by atomic mass is 10.0. The van der Waals surface area contributed by atoms with Crippen molar-refractivity contribution in [2.24, 2.45) is 23.3 Å². The Morgan fingerprint density at radius 3 is 1.81 bits per heavy atom. The molecule has 0 spiro atoms. The predicted molar refractivity (Wildman–Crippen MR) is 111 cm³/mol. The standard InChI is InChI=1S/C19H35N5O7/c1-9(2)7-12(22-16(27)11(20)5-6-14(21)26)17(28)23-13(8-25)18(29)24-15(10(3)4)19(30)31/h9-13,15,25H,5-8,20H2,1-4H3,(H2,21,26)(H,22,27)(H,23,28)(H,24,29)(H,30,31). The van der Waals surface area contributed by atoms with E-state index in [0.29, 0.717) is 0 Å². The average molecular weight is 446 g/mol. The molecule has 4 unspecified atom stereocenters. The summed E-state index contributed by atoms with van der Waals surface area (Å²) in [6.07, 6.45) is 0.122. The van der Waals surface area contributed by atoms with Crippen LogP contribution in [0.15, 0.2) is 0 Å². The minimum atomic E-state index is -1.41. The van der Waals surface area contributed by atoms with Crippen LogP contribution in [-0.2, 0) is 24.0 Å². The molecule has 0 saturated carbocycles. The summed E-state index contributed by atoms with van der Waals surface area (Å²) in [5.74, 6) is -4.58. The van der Waals surface area contributed by atoms with Crippen LogP contribution >= 0.6 is 0 Å². The number of aliphatic carboxylic acids is 1. The second-order valence-electron chi connectivity index (χ2n) is 8.11. The van der Waals surface area contributed by atoms with Gasteiger partial charge in [0.2, 0.25) is 23.6 Å². The van der Waals surface area contributed by atoms with Gasteiger partial charge in [-0.15, -0.1) is 0 Å². The molecule has 31 heavy (non-hydrogen) atoms. The van der Waals surface area contributed by atoms with Gasteiger partial charge in [-0.2, -0.15) is 0 Å². The number of primary amides is 1. The largest absolute Gasteiger partial charge is 0.480 e. The van der Waals surface area contributed by atoms with E-state index in [2.05, 4.69) is 16.0 Å². The molecule has 12 nitrogen and oxygen atoms in total. The van der Waals surface area contributed by atoms with Crippen LogP contribution in [0.4, 0.5) is 0 Å². The van der Waals surface area contributed by atoms with Crippen LogP contribution in [0.3, 0.4) is 0 Å². The number of nitrogens with one attached hydrogen (secondary N) is 3. The number of carbonyl (C=O) groups is 5. The third kappa shape index (κ3) is 10.7. The third-order valence-electron chi connectivity index (χ3n) is 4.42. The van der Waals surface area contributed by atoms with E-state index >= 15 is 0 Å². The molecule has 9 N–H and O–H groups in total. The summed E-state index contributed by atoms with van der Waals surface area (Å²) in [7, 11) is 0. The van der Waals surface area contributed by atoms with E-state index in [1.807, 2.05) is 13.8 Å². The van der Waals surface area contributed by atoms with Crippen molar-refractivity contribution in [3.63, 3.8) is 0 Å². The number of carboxylic acid groups (broad SMARTS) is 1. The molecule has 0 aliphatic heterocycles. The number of aliphatic hydroxyl groups is 1. The number of carbonyl (C=O) groups excluding carboxylic acids is 4. The summed E-state index contributed by atoms with van der Waals surface area (Å²) < 4.78 is 0. The minimum Gasteiger partial charge on any atom is -0.480 e. The van der Waals surface area contributed by atoms with E-state index < -0.39 is 66.3 Å². The molecule has 4 atom stereocenters. The molecule has 0 rings (SSSR count). The predicted octanol–water partition coefficient (Wildman–Crippen LogP) is -2.19. The molecule has 0 aromatic carbocycles. The molecule has 0 bridgehead atoms. The van der Waals surface area contributed by atoms with E-state index in [1.165, 1.54) is 0 Å². The number of rotatable bonds is 14. The third-order valence-corrected chi connectivity index (χ3v) is 4.42. The first-order valence-corrected chi connectivity index (χ1v) is 10.1. The average Bonchev–Trinajstić information content (AvgIpc) is 2.66. The van der Waals surface area contributed by atoms with Crippen LogP contribution < -0.4 is 27.4 Å². The van der Waals surface area contributed by atoms with E-state index in [9.17, 15) is 34.2 Å². The summed E-state index contributed by atoms with van der Waals surface area (Å²) in [5.41, 5.74) is 10.8. The molecule has 12 heteroatoms. The fourth-order valence-corrected chi connectivity index (χ4v) is 2.64. The molecule has 178 valence electrons. The van der Waals surface area contributed by atoms with E-state index in [0.717, 1.165) is 0 Å². The molecule has 0 saturated heterocycles. The molecule has 0 aromatic heterocycles. The maximum atomic E-state index is 12.7. The Balaban J connectivity index is 5.21. The van der Waals surface area contributed by atoms with Gasteiger partial charge in [0.25, 0.3) is 0 Å². The molecule has 0 heterocycles. The first kappa shape index (κ1) is 28.3. The van der Waals surface area contributed by atoms with E-state index in [1.54, 1.807) is 13.8 Å². The number of carboxylic acids is 1. The van der Waals surface area contributed by atoms with Crippen molar-refractivity contribution in [1.82, 2.24) is 16.0 Å². The van der Waals surface area contributed by atoms with Gasteiger partial charge < -0.3 is 37.6 Å². The van der Waals surface area contributed by atoms with Crippen LogP contribution in [0.25, 0.3) is 0 Å². The fourth-order valence-electron chi connectivity index (χ4n) is 2.64. The molecule has 0 fully saturated rings. The molecular weight excluding hydrogens is 410 g/mol. The zero-order chi connectivity index (χ0) is 24.3. The second-order valence-corrected chi connectivity index (χ2v) is 8.11. The van der Waals surface area contributed by atoms with Gasteiger partial charge >= 0.3 is 5.97 Å². The van der Waals surface area contributed by atoms with Crippen molar-refractivity contribution in [2.75, 3.05) is 6.61 Å². The molecule has 0 aromatic rings. The Hall–Kier alpha value is -2.73. The number of aliphatic hydroxyl groups excluding tert-OH is 1. The minimum absolute atomic E-state index is 0.00460. The maximum absolute atomic E-state index is 12.7. The zero-order valence-corrected chi connectivity index (χ0v) is 18.4. The van der Waals surface area contributed by atoms with E-state index in [-0.39, 0.29) is 25.2 Å². The highest BCUT2D eigenvalue weighted by Crippen LogP contribution is 2.07. The molecule has 4 amide bonds. The Bertz CT molecular complexity index is 654. The van der Waals surface area contributed by atoms with Gasteiger partial charge in [-0.1, -0.05) is 27.7 Å². The number of hydrogen-bond acceptors (Lipinski definition) is 7. The molecular formula is C19H35N5O7. The number of nitrogens with two attached hydrogens (primary N) is 2. The van der Waals surface area contributed by atoms with Crippen molar-refractivity contribution in [2.45, 2.75) is 71.1 Å². The van der Waals surface area contributed by atoms with Crippen molar-refractivity contribution in [3.8, 4) is 0 Å². The Kier molecular flexibility index (Phi) is 12.4. The number of hydrogen-bond donors (Lipinski definition) is 7. The molecule has 0 aliphatic rings. The van der Waals surface area contributed by atoms with Crippen molar-refractivity contribution >= 4 is 29.6 Å². The normalized spacial score (nSPS) is 15.0. The summed E-state index contributed by atoms with van der Waals surface area (Å²) in [6.45, 7) is 6.05. The Labute approximate surface area is 181 Å². The lowest BCUT2D eigenvalue weighted by Crippen LogP contribution is -2.58. The second kappa shape index (κ2) is 13.5. The van der Waals surface area contributed by atoms with Gasteiger partial charge in [-0.25, -0.2) is 4.79 Å². The summed E-state index contributed by atoms with van der Waals surface area (Å²) >= 11 is 0. The molecule has 0 radical (unpaired) electrons. The lowest BCUT2D eigenvalue weighted by Gasteiger charge is -2.25. The van der Waals surface area contributed by atoms with Crippen LogP contribution in [0.2, 0.25) is 0 Å². The highest BCUT2D eigenvalue weighted by atomic mass is 16.4. The van der Waals surface area contributed by atoms with Crippen LogP contribution in [0.1, 0.15) is 47.0 Å². The van der Waals surface area contributed by atoms with Crippen LogP contribution in [-0.4, -0.2) is 70.6 Å². The maximum Gasteiger partial charge on any atom is 0.326 e. The summed E-state index contributed by atoms with van der Waals surface area (Å²) in [5, 5.41) is 25.8. The van der Waals surface area contributed by atoms with Gasteiger partial charge in [-0.3, -0.25) is 19.2 Å². The summed E-state index contributed by atoms with van der Waals surface area (Å²) in [6, 6.07) is -4.74. The zero-order valence-electron chi connectivity index (χ0n) is 18.4. The lowest BCUT2D eigenvalue weighted by molar-refractivity contribution is -0.144. The highest BCUT2D eigenvalue weighted by Gasteiger charge is 2.31. The fraction of sp³-hybridized carbons (Fsp3) is 0.737. The number of amides is 4. The smallest absolute Gasteiger partial charge is 0.326 e. The first-order chi connectivity index (χ1) is 14.3. The first-order valence-electron chi connectivity index (χ1n) is 10.1. The van der Waals surface area contributed by atoms with E-state index in [4.69, 9.17) is 11.5 Å². The van der Waals surface area contributed by atoms with Gasteiger partial charge in [0.15, 0.2) is 0 Å². The van der Waals surface area contributed by atoms with Crippen molar-refractivity contribution < 1.29 is 34.2 Å².